The summed E-state index contributed by atoms with van der Waals surface area (Å²) in [5, 5.41) is 2.96. The Kier molecular flexibility index (Phi) is 6.56. The van der Waals surface area contributed by atoms with Gasteiger partial charge < -0.3 is 9.72 Å². The number of carbonyl (C=O) groups is 1. The molecule has 1 N–H and O–H groups in total. The third-order valence-electron chi connectivity index (χ3n) is 2.46. The van der Waals surface area contributed by atoms with E-state index < -0.39 is 0 Å². The standard InChI is InChI=1S/C10H9BrClN.C5H10O2/c11-3-1-7-5-8-2-4-13-10(8)9(12)6-7;1-5(2,3)7-4-6/h2,4-6,13H,1,3H2;4H,1-3H3. The van der Waals surface area contributed by atoms with E-state index in [1.165, 1.54) is 10.9 Å². The molecule has 3 nitrogen and oxygen atoms in total. The number of nitrogens with one attached hydrogen (secondary N) is 1. The number of benzene rings is 1. The molecule has 0 aliphatic carbocycles. The molecule has 0 aliphatic heterocycles. The predicted molar refractivity (Wildman–Crippen MR) is 87.7 cm³/mol. The average molecular weight is 361 g/mol. The molecule has 0 saturated carbocycles. The van der Waals surface area contributed by atoms with Crippen molar-refractivity contribution in [2.75, 3.05) is 5.33 Å². The molecule has 110 valence electrons. The fourth-order valence-electron chi connectivity index (χ4n) is 1.58. The summed E-state index contributed by atoms with van der Waals surface area (Å²) >= 11 is 9.51. The molecule has 0 unspecified atom stereocenters. The number of aromatic amines is 1. The Morgan fingerprint density at radius 3 is 2.60 bits per heavy atom. The summed E-state index contributed by atoms with van der Waals surface area (Å²) in [7, 11) is 0. The third-order valence-corrected chi connectivity index (χ3v) is 3.15. The van der Waals surface area contributed by atoms with Crippen LogP contribution in [0.15, 0.2) is 24.4 Å². The molecule has 0 spiro atoms. The van der Waals surface area contributed by atoms with Gasteiger partial charge in [0, 0.05) is 16.9 Å². The maximum atomic E-state index is 9.60. The molecular formula is C15H19BrClNO2. The zero-order chi connectivity index (χ0) is 15.2. The molecule has 1 heterocycles. The van der Waals surface area contributed by atoms with Crippen molar-refractivity contribution in [3.63, 3.8) is 0 Å². The highest BCUT2D eigenvalue weighted by Crippen LogP contribution is 2.24. The summed E-state index contributed by atoms with van der Waals surface area (Å²) in [5.41, 5.74) is 1.98. The van der Waals surface area contributed by atoms with Crippen molar-refractivity contribution in [1.29, 1.82) is 0 Å². The minimum atomic E-state index is -0.318. The molecule has 2 rings (SSSR count). The minimum absolute atomic E-state index is 0.318. The lowest BCUT2D eigenvalue weighted by molar-refractivity contribution is -0.138. The first-order chi connectivity index (χ1) is 9.37. The van der Waals surface area contributed by atoms with Gasteiger partial charge in [0.15, 0.2) is 0 Å². The van der Waals surface area contributed by atoms with E-state index in [0.29, 0.717) is 6.47 Å². The zero-order valence-corrected chi connectivity index (χ0v) is 14.2. The second-order valence-electron chi connectivity index (χ2n) is 5.28. The first-order valence-electron chi connectivity index (χ1n) is 6.30. The SMILES string of the molecule is CC(C)(C)OC=O.Clc1cc(CCBr)cc2cc[nH]c12. The van der Waals surface area contributed by atoms with E-state index in [9.17, 15) is 4.79 Å². The first kappa shape index (κ1) is 17.1. The van der Waals surface area contributed by atoms with Crippen LogP contribution in [0.2, 0.25) is 5.02 Å². The fraction of sp³-hybridized carbons (Fsp3) is 0.400. The number of hydrogen-bond acceptors (Lipinski definition) is 2. The van der Waals surface area contributed by atoms with Crippen LogP contribution in [0, 0.1) is 0 Å². The molecule has 0 saturated heterocycles. The van der Waals surface area contributed by atoms with Crippen LogP contribution in [-0.2, 0) is 16.0 Å². The van der Waals surface area contributed by atoms with Gasteiger partial charge in [0.1, 0.15) is 5.60 Å². The van der Waals surface area contributed by atoms with Crippen LogP contribution >= 0.6 is 27.5 Å². The summed E-state index contributed by atoms with van der Waals surface area (Å²) in [5.74, 6) is 0. The van der Waals surface area contributed by atoms with Crippen LogP contribution < -0.4 is 0 Å². The maximum Gasteiger partial charge on any atom is 0.293 e. The van der Waals surface area contributed by atoms with E-state index in [1.54, 1.807) is 0 Å². The molecule has 0 atom stereocenters. The van der Waals surface area contributed by atoms with Gasteiger partial charge in [-0.1, -0.05) is 27.5 Å². The Balaban J connectivity index is 0.000000246. The lowest BCUT2D eigenvalue weighted by Crippen LogP contribution is -2.17. The van der Waals surface area contributed by atoms with Crippen molar-refractivity contribution < 1.29 is 9.53 Å². The van der Waals surface area contributed by atoms with Gasteiger partial charge in [0.2, 0.25) is 0 Å². The van der Waals surface area contributed by atoms with Gasteiger partial charge in [0.05, 0.1) is 10.5 Å². The molecule has 20 heavy (non-hydrogen) atoms. The van der Waals surface area contributed by atoms with Crippen molar-refractivity contribution >= 4 is 44.9 Å². The van der Waals surface area contributed by atoms with E-state index in [0.717, 1.165) is 22.3 Å². The minimum Gasteiger partial charge on any atom is -0.462 e. The molecule has 0 bridgehead atoms. The van der Waals surface area contributed by atoms with Gasteiger partial charge in [-0.3, -0.25) is 4.79 Å². The fourth-order valence-corrected chi connectivity index (χ4v) is 2.34. The molecule has 1 aromatic carbocycles. The topological polar surface area (TPSA) is 42.1 Å². The Morgan fingerprint density at radius 2 is 2.10 bits per heavy atom. The number of H-pyrrole nitrogens is 1. The van der Waals surface area contributed by atoms with Crippen molar-refractivity contribution in [1.82, 2.24) is 4.98 Å². The Morgan fingerprint density at radius 1 is 1.40 bits per heavy atom. The highest BCUT2D eigenvalue weighted by Gasteiger charge is 2.07. The number of fused-ring (bicyclic) bond motifs is 1. The molecule has 0 amide bonds. The number of rotatable bonds is 3. The molecule has 1 aromatic heterocycles. The van der Waals surface area contributed by atoms with Gasteiger partial charge in [-0.2, -0.15) is 0 Å². The summed E-state index contributed by atoms with van der Waals surface area (Å²) in [6.07, 6.45) is 2.93. The first-order valence-corrected chi connectivity index (χ1v) is 7.80. The average Bonchev–Trinajstić information content (AvgIpc) is 2.77. The van der Waals surface area contributed by atoms with Crippen molar-refractivity contribution in [3.8, 4) is 0 Å². The molecular weight excluding hydrogens is 342 g/mol. The second-order valence-corrected chi connectivity index (χ2v) is 6.49. The Labute approximate surface area is 132 Å². The second kappa shape index (κ2) is 7.70. The Hall–Kier alpha value is -1.00. The molecule has 5 heteroatoms. The number of aromatic nitrogens is 1. The quantitative estimate of drug-likeness (QED) is 0.636. The summed E-state index contributed by atoms with van der Waals surface area (Å²) in [6.45, 7) is 5.92. The highest BCUT2D eigenvalue weighted by atomic mass is 79.9. The summed E-state index contributed by atoms with van der Waals surface area (Å²) in [6, 6.07) is 6.22. The van der Waals surface area contributed by atoms with Crippen LogP contribution in [0.3, 0.4) is 0 Å². The van der Waals surface area contributed by atoms with E-state index in [-0.39, 0.29) is 5.60 Å². The Bertz CT molecular complexity index is 560. The number of ether oxygens (including phenoxy) is 1. The number of hydrogen-bond donors (Lipinski definition) is 1. The molecule has 2 aromatic rings. The van der Waals surface area contributed by atoms with E-state index in [4.69, 9.17) is 11.6 Å². The molecule has 0 fully saturated rings. The summed E-state index contributed by atoms with van der Waals surface area (Å²) in [4.78, 5) is 12.7. The van der Waals surface area contributed by atoms with Crippen LogP contribution in [0.1, 0.15) is 26.3 Å². The summed E-state index contributed by atoms with van der Waals surface area (Å²) < 4.78 is 4.55. The van der Waals surface area contributed by atoms with Crippen LogP contribution in [-0.4, -0.2) is 22.4 Å². The van der Waals surface area contributed by atoms with E-state index in [1.807, 2.05) is 39.1 Å². The van der Waals surface area contributed by atoms with E-state index in [2.05, 4.69) is 31.7 Å². The highest BCUT2D eigenvalue weighted by molar-refractivity contribution is 9.09. The van der Waals surface area contributed by atoms with Gasteiger partial charge in [-0.15, -0.1) is 0 Å². The van der Waals surface area contributed by atoms with Gasteiger partial charge >= 0.3 is 0 Å². The normalized spacial score (nSPS) is 10.8. The molecule has 0 aliphatic rings. The van der Waals surface area contributed by atoms with Gasteiger partial charge in [-0.25, -0.2) is 0 Å². The number of aryl methyl sites for hydroxylation is 1. The maximum absolute atomic E-state index is 9.60. The van der Waals surface area contributed by atoms with Gasteiger partial charge in [0.25, 0.3) is 6.47 Å². The number of halogens is 2. The van der Waals surface area contributed by atoms with Crippen LogP contribution in [0.4, 0.5) is 0 Å². The third kappa shape index (κ3) is 5.55. The van der Waals surface area contributed by atoms with Crippen molar-refractivity contribution in [2.24, 2.45) is 0 Å². The smallest absolute Gasteiger partial charge is 0.293 e. The van der Waals surface area contributed by atoms with Crippen molar-refractivity contribution in [2.45, 2.75) is 32.8 Å². The van der Waals surface area contributed by atoms with Gasteiger partial charge in [-0.05, 0) is 51.0 Å². The largest absolute Gasteiger partial charge is 0.462 e. The number of alkyl halides is 1. The monoisotopic (exact) mass is 359 g/mol. The van der Waals surface area contributed by atoms with Crippen LogP contribution in [0.5, 0.6) is 0 Å². The number of carbonyl (C=O) groups excluding carboxylic acids is 1. The van der Waals surface area contributed by atoms with E-state index >= 15 is 0 Å². The lowest BCUT2D eigenvalue weighted by Gasteiger charge is -2.14. The zero-order valence-electron chi connectivity index (χ0n) is 11.9. The predicted octanol–water partition coefficient (Wildman–Crippen LogP) is 4.72. The lowest BCUT2D eigenvalue weighted by atomic mass is 10.1. The van der Waals surface area contributed by atoms with Crippen LogP contribution in [0.25, 0.3) is 10.9 Å². The van der Waals surface area contributed by atoms with Crippen molar-refractivity contribution in [3.05, 3.63) is 35.0 Å². The molecule has 0 radical (unpaired) electrons.